The maximum absolute atomic E-state index is 13.4. The van der Waals surface area contributed by atoms with Gasteiger partial charge in [0.2, 0.25) is 0 Å². The van der Waals surface area contributed by atoms with E-state index in [0.29, 0.717) is 5.56 Å². The summed E-state index contributed by atoms with van der Waals surface area (Å²) < 4.78 is 13.4. The molecule has 0 bridgehead atoms. The Morgan fingerprint density at radius 1 is 1.05 bits per heavy atom. The van der Waals surface area contributed by atoms with Crippen molar-refractivity contribution in [2.45, 2.75) is 13.8 Å². The van der Waals surface area contributed by atoms with Crippen LogP contribution >= 0.6 is 0 Å². The molecule has 0 fully saturated rings. The van der Waals surface area contributed by atoms with Crippen molar-refractivity contribution in [2.75, 3.05) is 5.32 Å². The van der Waals surface area contributed by atoms with Crippen molar-refractivity contribution in [3.63, 3.8) is 0 Å². The summed E-state index contributed by atoms with van der Waals surface area (Å²) in [5.74, 6) is -2.10. The van der Waals surface area contributed by atoms with Crippen molar-refractivity contribution in [3.05, 3.63) is 65.0 Å². The van der Waals surface area contributed by atoms with Gasteiger partial charge in [-0.3, -0.25) is 9.59 Å². The molecule has 0 saturated carbocycles. The summed E-state index contributed by atoms with van der Waals surface area (Å²) in [6, 6.07) is 10.9. The van der Waals surface area contributed by atoms with Crippen LogP contribution in [0.3, 0.4) is 0 Å². The van der Waals surface area contributed by atoms with Gasteiger partial charge in [0, 0.05) is 5.56 Å². The van der Waals surface area contributed by atoms with Crippen molar-refractivity contribution < 1.29 is 14.0 Å². The lowest BCUT2D eigenvalue weighted by Gasteiger charge is -2.07. The molecule has 0 unspecified atom stereocenters. The monoisotopic (exact) mass is 271 g/mol. The second kappa shape index (κ2) is 5.65. The van der Waals surface area contributed by atoms with Crippen LogP contribution in [0, 0.1) is 19.7 Å². The zero-order valence-corrected chi connectivity index (χ0v) is 11.2. The second-order valence-electron chi connectivity index (χ2n) is 4.58. The van der Waals surface area contributed by atoms with Crippen LogP contribution in [0.2, 0.25) is 0 Å². The molecule has 0 aliphatic heterocycles. The topological polar surface area (TPSA) is 46.2 Å². The summed E-state index contributed by atoms with van der Waals surface area (Å²) in [6.07, 6.45) is 0. The highest BCUT2D eigenvalue weighted by Crippen LogP contribution is 2.15. The van der Waals surface area contributed by atoms with E-state index in [9.17, 15) is 14.0 Å². The molecule has 4 heteroatoms. The van der Waals surface area contributed by atoms with Crippen molar-refractivity contribution in [3.8, 4) is 0 Å². The van der Waals surface area contributed by atoms with Crippen LogP contribution in [0.15, 0.2) is 42.5 Å². The van der Waals surface area contributed by atoms with Crippen LogP contribution in [0.5, 0.6) is 0 Å². The van der Waals surface area contributed by atoms with Crippen LogP contribution < -0.4 is 5.32 Å². The van der Waals surface area contributed by atoms with E-state index in [0.717, 1.165) is 11.1 Å². The summed E-state index contributed by atoms with van der Waals surface area (Å²) in [6.45, 7) is 3.66. The number of aryl methyl sites for hydroxylation is 2. The van der Waals surface area contributed by atoms with Gasteiger partial charge in [0.25, 0.3) is 11.7 Å². The molecule has 0 aromatic heterocycles. The van der Waals surface area contributed by atoms with Crippen LogP contribution in [-0.2, 0) is 4.79 Å². The smallest absolute Gasteiger partial charge is 0.296 e. The summed E-state index contributed by atoms with van der Waals surface area (Å²) >= 11 is 0. The minimum atomic E-state index is -0.845. The quantitative estimate of drug-likeness (QED) is 0.688. The molecule has 0 aliphatic rings. The molecular formula is C16H14FNO2. The minimum absolute atomic E-state index is 0.00406. The van der Waals surface area contributed by atoms with Gasteiger partial charge in [-0.25, -0.2) is 4.39 Å². The molecule has 0 heterocycles. The van der Waals surface area contributed by atoms with Gasteiger partial charge in [0.15, 0.2) is 0 Å². The van der Waals surface area contributed by atoms with Gasteiger partial charge >= 0.3 is 0 Å². The first kappa shape index (κ1) is 13.9. The van der Waals surface area contributed by atoms with Crippen molar-refractivity contribution >= 4 is 17.4 Å². The van der Waals surface area contributed by atoms with Gasteiger partial charge in [-0.2, -0.15) is 0 Å². The summed E-state index contributed by atoms with van der Waals surface area (Å²) in [7, 11) is 0. The number of Topliss-reactive ketones (excluding diaryl/α,β-unsaturated/α-hetero) is 1. The highest BCUT2D eigenvalue weighted by atomic mass is 19.1. The summed E-state index contributed by atoms with van der Waals surface area (Å²) in [4.78, 5) is 23.9. The Morgan fingerprint density at radius 2 is 1.75 bits per heavy atom. The van der Waals surface area contributed by atoms with Gasteiger partial charge in [-0.15, -0.1) is 0 Å². The van der Waals surface area contributed by atoms with Gasteiger partial charge < -0.3 is 5.32 Å². The molecule has 1 amide bonds. The second-order valence-corrected chi connectivity index (χ2v) is 4.58. The van der Waals surface area contributed by atoms with E-state index in [1.165, 1.54) is 18.2 Å². The average Bonchev–Trinajstić information content (AvgIpc) is 2.40. The Bertz CT molecular complexity index is 680. The number of anilines is 1. The largest absolute Gasteiger partial charge is 0.317 e. The van der Waals surface area contributed by atoms with Gasteiger partial charge in [0.05, 0.1) is 5.69 Å². The number of carbonyl (C=O) groups excluding carboxylic acids is 2. The Labute approximate surface area is 116 Å². The highest BCUT2D eigenvalue weighted by molar-refractivity contribution is 6.46. The molecule has 3 nitrogen and oxygen atoms in total. The average molecular weight is 271 g/mol. The number of benzene rings is 2. The zero-order chi connectivity index (χ0) is 14.7. The minimum Gasteiger partial charge on any atom is -0.317 e. The van der Waals surface area contributed by atoms with E-state index in [1.807, 2.05) is 13.0 Å². The van der Waals surface area contributed by atoms with E-state index >= 15 is 0 Å². The van der Waals surface area contributed by atoms with Crippen LogP contribution in [-0.4, -0.2) is 11.7 Å². The number of ketones is 1. The molecule has 2 aromatic rings. The Balaban J connectivity index is 2.21. The fourth-order valence-corrected chi connectivity index (χ4v) is 1.93. The molecule has 0 aliphatic carbocycles. The number of rotatable bonds is 3. The van der Waals surface area contributed by atoms with Gasteiger partial charge in [-0.1, -0.05) is 35.9 Å². The Hall–Kier alpha value is -2.49. The zero-order valence-electron chi connectivity index (χ0n) is 11.2. The third-order valence-corrected chi connectivity index (χ3v) is 2.95. The lowest BCUT2D eigenvalue weighted by molar-refractivity contribution is -0.112. The first-order valence-electron chi connectivity index (χ1n) is 6.16. The number of amides is 1. The molecule has 1 N–H and O–H groups in total. The van der Waals surface area contributed by atoms with Gasteiger partial charge in [0.1, 0.15) is 5.82 Å². The van der Waals surface area contributed by atoms with E-state index in [2.05, 4.69) is 5.32 Å². The fraction of sp³-hybridized carbons (Fsp3) is 0.125. The van der Waals surface area contributed by atoms with Crippen molar-refractivity contribution in [1.29, 1.82) is 0 Å². The number of halogens is 1. The normalized spacial score (nSPS) is 10.2. The molecule has 0 saturated heterocycles. The predicted octanol–water partition coefficient (Wildman–Crippen LogP) is 3.26. The molecule has 2 aromatic carbocycles. The summed E-state index contributed by atoms with van der Waals surface area (Å²) in [5.41, 5.74) is 2.05. The molecule has 102 valence electrons. The standard InChI is InChI=1S/C16H14FNO2/c1-10-7-8-12(11(2)9-10)15(19)16(20)18-14-6-4-3-5-13(14)17/h3-9H,1-2H3,(H,18,20). The van der Waals surface area contributed by atoms with Gasteiger partial charge in [-0.05, 0) is 31.5 Å². The molecule has 0 radical (unpaired) electrons. The van der Waals surface area contributed by atoms with Crippen LogP contribution in [0.4, 0.5) is 10.1 Å². The molecular weight excluding hydrogens is 257 g/mol. The lowest BCUT2D eigenvalue weighted by atomic mass is 10.0. The number of nitrogens with one attached hydrogen (secondary N) is 1. The number of para-hydroxylation sites is 1. The van der Waals surface area contributed by atoms with Crippen molar-refractivity contribution in [2.24, 2.45) is 0 Å². The SMILES string of the molecule is Cc1ccc(C(=O)C(=O)Nc2ccccc2F)c(C)c1. The molecule has 2 rings (SSSR count). The fourth-order valence-electron chi connectivity index (χ4n) is 1.93. The molecule has 20 heavy (non-hydrogen) atoms. The first-order valence-corrected chi connectivity index (χ1v) is 6.16. The third-order valence-electron chi connectivity index (χ3n) is 2.95. The highest BCUT2D eigenvalue weighted by Gasteiger charge is 2.19. The van der Waals surface area contributed by atoms with E-state index < -0.39 is 17.5 Å². The Morgan fingerprint density at radius 3 is 2.40 bits per heavy atom. The third kappa shape index (κ3) is 2.91. The molecule has 0 spiro atoms. The maximum Gasteiger partial charge on any atom is 0.296 e. The number of carbonyl (C=O) groups is 2. The number of hydrogen-bond acceptors (Lipinski definition) is 2. The van der Waals surface area contributed by atoms with Crippen LogP contribution in [0.25, 0.3) is 0 Å². The van der Waals surface area contributed by atoms with Crippen molar-refractivity contribution in [1.82, 2.24) is 0 Å². The van der Waals surface area contributed by atoms with E-state index in [-0.39, 0.29) is 5.69 Å². The molecule has 0 atom stereocenters. The first-order chi connectivity index (χ1) is 9.49. The van der Waals surface area contributed by atoms with E-state index in [4.69, 9.17) is 0 Å². The summed E-state index contributed by atoms with van der Waals surface area (Å²) in [5, 5.41) is 2.29. The predicted molar refractivity (Wildman–Crippen MR) is 75.3 cm³/mol. The number of hydrogen-bond donors (Lipinski definition) is 1. The van der Waals surface area contributed by atoms with Crippen LogP contribution in [0.1, 0.15) is 21.5 Å². The van der Waals surface area contributed by atoms with E-state index in [1.54, 1.807) is 25.1 Å². The maximum atomic E-state index is 13.4. The lowest BCUT2D eigenvalue weighted by Crippen LogP contribution is -2.24. The Kier molecular flexibility index (Phi) is 3.94.